The molecule has 2 N–H and O–H groups in total. The third-order valence-corrected chi connectivity index (χ3v) is 5.40. The minimum atomic E-state index is -0.181. The van der Waals surface area contributed by atoms with Crippen molar-refractivity contribution in [2.45, 2.75) is 51.5 Å². The van der Waals surface area contributed by atoms with E-state index in [2.05, 4.69) is 37.4 Å². The zero-order chi connectivity index (χ0) is 14.2. The van der Waals surface area contributed by atoms with E-state index < -0.39 is 0 Å². The van der Waals surface area contributed by atoms with Crippen molar-refractivity contribution in [3.05, 3.63) is 39.7 Å². The fourth-order valence-electron chi connectivity index (χ4n) is 3.12. The molecule has 1 saturated carbocycles. The second-order valence-corrected chi connectivity index (χ2v) is 6.93. The van der Waals surface area contributed by atoms with Crippen LogP contribution in [0.1, 0.15) is 48.2 Å². The first-order valence-corrected chi connectivity index (χ1v) is 8.29. The Morgan fingerprint density at radius 3 is 2.60 bits per heavy atom. The van der Waals surface area contributed by atoms with Crippen LogP contribution < -0.4 is 5.73 Å². The fourth-order valence-corrected chi connectivity index (χ4v) is 4.12. The highest BCUT2D eigenvalue weighted by Crippen LogP contribution is 2.38. The molecule has 20 heavy (non-hydrogen) atoms. The number of hydrogen-bond donors (Lipinski definition) is 1. The van der Waals surface area contributed by atoms with E-state index in [1.807, 2.05) is 0 Å². The Morgan fingerprint density at radius 2 is 1.90 bits per heavy atom. The lowest BCUT2D eigenvalue weighted by molar-refractivity contribution is 0.301. The summed E-state index contributed by atoms with van der Waals surface area (Å²) < 4.78 is 0. The van der Waals surface area contributed by atoms with E-state index in [1.54, 1.807) is 11.3 Å². The van der Waals surface area contributed by atoms with Gasteiger partial charge in [0.1, 0.15) is 5.01 Å². The Bertz CT molecular complexity index is 609. The van der Waals surface area contributed by atoms with Crippen molar-refractivity contribution in [2.75, 3.05) is 0 Å². The van der Waals surface area contributed by atoms with Crippen LogP contribution in [0.2, 0.25) is 0 Å². The Balaban J connectivity index is 1.93. The standard InChI is InChI=1S/C17H22N2S/c1-12-6-7-14(13(2)10-12)15-11-20-16(19-15)17(18)8-4-3-5-9-17/h6-7,10-11H,3-5,8-9,18H2,1-2H3. The maximum absolute atomic E-state index is 6.58. The van der Waals surface area contributed by atoms with Gasteiger partial charge in [0.2, 0.25) is 0 Å². The Labute approximate surface area is 125 Å². The van der Waals surface area contributed by atoms with Gasteiger partial charge in [-0.2, -0.15) is 0 Å². The Morgan fingerprint density at radius 1 is 1.15 bits per heavy atom. The van der Waals surface area contributed by atoms with E-state index in [9.17, 15) is 0 Å². The molecule has 3 heteroatoms. The minimum Gasteiger partial charge on any atom is -0.319 e. The van der Waals surface area contributed by atoms with Crippen LogP contribution in [-0.2, 0) is 5.54 Å². The molecule has 0 atom stereocenters. The minimum absolute atomic E-state index is 0.181. The van der Waals surface area contributed by atoms with E-state index in [0.29, 0.717) is 0 Å². The highest BCUT2D eigenvalue weighted by molar-refractivity contribution is 7.10. The van der Waals surface area contributed by atoms with Crippen molar-refractivity contribution >= 4 is 11.3 Å². The maximum atomic E-state index is 6.58. The first-order valence-electron chi connectivity index (χ1n) is 7.41. The molecule has 1 aromatic heterocycles. The molecule has 1 aromatic carbocycles. The Kier molecular flexibility index (Phi) is 3.65. The summed E-state index contributed by atoms with van der Waals surface area (Å²) in [7, 11) is 0. The number of rotatable bonds is 2. The highest BCUT2D eigenvalue weighted by Gasteiger charge is 2.32. The van der Waals surface area contributed by atoms with E-state index in [4.69, 9.17) is 10.7 Å². The monoisotopic (exact) mass is 286 g/mol. The fraction of sp³-hybridized carbons (Fsp3) is 0.471. The van der Waals surface area contributed by atoms with Crippen molar-refractivity contribution < 1.29 is 0 Å². The molecule has 1 aliphatic rings. The number of hydrogen-bond acceptors (Lipinski definition) is 3. The molecular formula is C17H22N2S. The molecule has 0 bridgehead atoms. The quantitative estimate of drug-likeness (QED) is 0.880. The van der Waals surface area contributed by atoms with Gasteiger partial charge >= 0.3 is 0 Å². The average Bonchev–Trinajstić information content (AvgIpc) is 2.90. The molecule has 1 aliphatic carbocycles. The number of nitrogens with zero attached hydrogens (tertiary/aromatic N) is 1. The van der Waals surface area contributed by atoms with E-state index in [0.717, 1.165) is 23.5 Å². The molecule has 106 valence electrons. The van der Waals surface area contributed by atoms with Crippen LogP contribution in [0.25, 0.3) is 11.3 Å². The van der Waals surface area contributed by atoms with Crippen LogP contribution in [0.4, 0.5) is 0 Å². The van der Waals surface area contributed by atoms with Crippen molar-refractivity contribution in [2.24, 2.45) is 5.73 Å². The third kappa shape index (κ3) is 2.52. The summed E-state index contributed by atoms with van der Waals surface area (Å²) in [5.41, 5.74) is 11.3. The van der Waals surface area contributed by atoms with Crippen LogP contribution in [-0.4, -0.2) is 4.98 Å². The lowest BCUT2D eigenvalue weighted by Crippen LogP contribution is -2.38. The summed E-state index contributed by atoms with van der Waals surface area (Å²) in [5, 5.41) is 3.28. The third-order valence-electron chi connectivity index (χ3n) is 4.33. The zero-order valence-corrected chi connectivity index (χ0v) is 13.1. The summed E-state index contributed by atoms with van der Waals surface area (Å²) >= 11 is 1.73. The predicted octanol–water partition coefficient (Wildman–Crippen LogP) is 4.55. The van der Waals surface area contributed by atoms with E-state index >= 15 is 0 Å². The maximum Gasteiger partial charge on any atom is 0.113 e. The van der Waals surface area contributed by atoms with Gasteiger partial charge < -0.3 is 5.73 Å². The summed E-state index contributed by atoms with van der Waals surface area (Å²) in [5.74, 6) is 0. The lowest BCUT2D eigenvalue weighted by atomic mass is 9.83. The average molecular weight is 286 g/mol. The van der Waals surface area contributed by atoms with Gasteiger partial charge in [0, 0.05) is 10.9 Å². The van der Waals surface area contributed by atoms with E-state index in [1.165, 1.54) is 36.0 Å². The second-order valence-electron chi connectivity index (χ2n) is 6.07. The van der Waals surface area contributed by atoms with Crippen molar-refractivity contribution in [3.63, 3.8) is 0 Å². The van der Waals surface area contributed by atoms with Gasteiger partial charge in [0.05, 0.1) is 11.2 Å². The van der Waals surface area contributed by atoms with Crippen molar-refractivity contribution in [3.8, 4) is 11.3 Å². The smallest absolute Gasteiger partial charge is 0.113 e. The predicted molar refractivity (Wildman–Crippen MR) is 86.0 cm³/mol. The van der Waals surface area contributed by atoms with E-state index in [-0.39, 0.29) is 5.54 Å². The zero-order valence-electron chi connectivity index (χ0n) is 12.3. The van der Waals surface area contributed by atoms with Gasteiger partial charge in [-0.3, -0.25) is 0 Å². The number of thiazole rings is 1. The van der Waals surface area contributed by atoms with Crippen LogP contribution in [0.5, 0.6) is 0 Å². The molecule has 1 heterocycles. The van der Waals surface area contributed by atoms with Crippen LogP contribution in [0.3, 0.4) is 0 Å². The molecule has 0 radical (unpaired) electrons. The van der Waals surface area contributed by atoms with Crippen LogP contribution in [0.15, 0.2) is 23.6 Å². The molecule has 2 nitrogen and oxygen atoms in total. The summed E-state index contributed by atoms with van der Waals surface area (Å²) in [4.78, 5) is 4.86. The molecule has 0 saturated heterocycles. The first-order chi connectivity index (χ1) is 9.58. The van der Waals surface area contributed by atoms with Crippen molar-refractivity contribution in [1.29, 1.82) is 0 Å². The Hall–Kier alpha value is -1.19. The number of aryl methyl sites for hydroxylation is 2. The molecule has 0 amide bonds. The van der Waals surface area contributed by atoms with Gasteiger partial charge in [-0.05, 0) is 32.3 Å². The molecule has 1 fully saturated rings. The second kappa shape index (κ2) is 5.30. The lowest BCUT2D eigenvalue weighted by Gasteiger charge is -2.31. The van der Waals surface area contributed by atoms with Gasteiger partial charge in [-0.25, -0.2) is 4.98 Å². The topological polar surface area (TPSA) is 38.9 Å². The summed E-state index contributed by atoms with van der Waals surface area (Å²) in [6.07, 6.45) is 5.93. The van der Waals surface area contributed by atoms with Gasteiger partial charge in [0.25, 0.3) is 0 Å². The molecule has 0 unspecified atom stereocenters. The molecular weight excluding hydrogens is 264 g/mol. The summed E-state index contributed by atoms with van der Waals surface area (Å²) in [6.45, 7) is 4.28. The number of aromatic nitrogens is 1. The SMILES string of the molecule is Cc1ccc(-c2csc(C3(N)CCCCC3)n2)c(C)c1. The largest absolute Gasteiger partial charge is 0.319 e. The first kappa shape index (κ1) is 13.8. The molecule has 2 aromatic rings. The van der Waals surface area contributed by atoms with Gasteiger partial charge in [0.15, 0.2) is 0 Å². The normalized spacial score (nSPS) is 18.1. The highest BCUT2D eigenvalue weighted by atomic mass is 32.1. The molecule has 0 spiro atoms. The van der Waals surface area contributed by atoms with Gasteiger partial charge in [-0.15, -0.1) is 11.3 Å². The van der Waals surface area contributed by atoms with Crippen LogP contribution >= 0.6 is 11.3 Å². The van der Waals surface area contributed by atoms with Crippen molar-refractivity contribution in [1.82, 2.24) is 4.98 Å². The number of benzene rings is 1. The molecule has 0 aliphatic heterocycles. The van der Waals surface area contributed by atoms with Crippen LogP contribution in [0, 0.1) is 13.8 Å². The molecule has 3 rings (SSSR count). The summed E-state index contributed by atoms with van der Waals surface area (Å²) in [6, 6.07) is 6.54. The number of nitrogens with two attached hydrogens (primary N) is 1. The van der Waals surface area contributed by atoms with Gasteiger partial charge in [-0.1, -0.05) is 43.0 Å².